The van der Waals surface area contributed by atoms with E-state index in [0.717, 1.165) is 12.5 Å². The highest BCUT2D eigenvalue weighted by Gasteiger charge is 2.28. The first-order valence-corrected chi connectivity index (χ1v) is 7.85. The molecule has 6 heteroatoms. The van der Waals surface area contributed by atoms with E-state index in [2.05, 4.69) is 4.98 Å². The van der Waals surface area contributed by atoms with Crippen LogP contribution in [0.2, 0.25) is 0 Å². The predicted octanol–water partition coefficient (Wildman–Crippen LogP) is 2.56. The van der Waals surface area contributed by atoms with Crippen molar-refractivity contribution in [1.82, 2.24) is 9.88 Å². The summed E-state index contributed by atoms with van der Waals surface area (Å²) in [6.45, 7) is 0.977. The second kappa shape index (κ2) is 7.05. The van der Waals surface area contributed by atoms with Crippen LogP contribution in [-0.4, -0.2) is 34.0 Å². The summed E-state index contributed by atoms with van der Waals surface area (Å²) in [5.41, 5.74) is 1.55. The average molecular weight is 332 g/mol. The molecule has 0 radical (unpaired) electrons. The lowest BCUT2D eigenvalue weighted by atomic mass is 9.98. The lowest BCUT2D eigenvalue weighted by molar-refractivity contribution is 0.0781. The van der Waals surface area contributed by atoms with Crippen molar-refractivity contribution in [3.05, 3.63) is 65.0 Å². The number of aliphatic hydroxyl groups is 1. The first-order valence-electron chi connectivity index (χ1n) is 7.85. The number of carbonyl (C=O) groups excluding carboxylic acids is 1. The summed E-state index contributed by atoms with van der Waals surface area (Å²) in [4.78, 5) is 18.2. The maximum Gasteiger partial charge on any atom is 0.272 e. The van der Waals surface area contributed by atoms with Gasteiger partial charge in [0, 0.05) is 25.4 Å². The standard InChI is InChI=1S/C18H18F2N2O2/c19-15-6-14(7-16(20)9-15)5-12-2-4-22(10-12)18(24)17-8-13(11-23)1-3-21-17/h1,3,6-9,12,23H,2,4-5,10-11H2. The van der Waals surface area contributed by atoms with E-state index in [0.29, 0.717) is 36.3 Å². The summed E-state index contributed by atoms with van der Waals surface area (Å²) in [6.07, 6.45) is 2.81. The van der Waals surface area contributed by atoms with Gasteiger partial charge >= 0.3 is 0 Å². The second-order valence-electron chi connectivity index (χ2n) is 6.10. The Morgan fingerprint density at radius 1 is 1.21 bits per heavy atom. The van der Waals surface area contributed by atoms with Crippen LogP contribution in [0, 0.1) is 17.6 Å². The fourth-order valence-electron chi connectivity index (χ4n) is 3.10. The van der Waals surface area contributed by atoms with Crippen molar-refractivity contribution in [2.75, 3.05) is 13.1 Å². The first-order chi connectivity index (χ1) is 11.5. The van der Waals surface area contributed by atoms with E-state index in [4.69, 9.17) is 5.11 Å². The Labute approximate surface area is 138 Å². The van der Waals surface area contributed by atoms with Crippen molar-refractivity contribution in [3.63, 3.8) is 0 Å². The molecule has 1 aliphatic heterocycles. The van der Waals surface area contributed by atoms with Crippen LogP contribution in [0.4, 0.5) is 8.78 Å². The van der Waals surface area contributed by atoms with Gasteiger partial charge in [0.05, 0.1) is 6.61 Å². The number of pyridine rings is 1. The molecule has 2 aromatic rings. The Bertz CT molecular complexity index is 731. The number of amides is 1. The third-order valence-electron chi connectivity index (χ3n) is 4.25. The molecule has 0 aliphatic carbocycles. The van der Waals surface area contributed by atoms with Crippen molar-refractivity contribution in [2.24, 2.45) is 5.92 Å². The van der Waals surface area contributed by atoms with Gasteiger partial charge < -0.3 is 10.0 Å². The molecule has 126 valence electrons. The normalized spacial score (nSPS) is 17.3. The van der Waals surface area contributed by atoms with Gasteiger partial charge in [0.25, 0.3) is 5.91 Å². The van der Waals surface area contributed by atoms with Crippen LogP contribution in [0.25, 0.3) is 0 Å². The Morgan fingerprint density at radius 2 is 1.96 bits per heavy atom. The van der Waals surface area contributed by atoms with Crippen LogP contribution in [0.5, 0.6) is 0 Å². The molecule has 1 atom stereocenters. The highest BCUT2D eigenvalue weighted by atomic mass is 19.1. The number of likely N-dealkylation sites (tertiary alicyclic amines) is 1. The number of hydrogen-bond acceptors (Lipinski definition) is 3. The molecule has 1 fully saturated rings. The van der Waals surface area contributed by atoms with Crippen LogP contribution in [0.3, 0.4) is 0 Å². The minimum absolute atomic E-state index is 0.142. The van der Waals surface area contributed by atoms with Crippen LogP contribution in [-0.2, 0) is 13.0 Å². The molecule has 1 aromatic carbocycles. The van der Waals surface area contributed by atoms with Gasteiger partial charge in [-0.2, -0.15) is 0 Å². The molecule has 2 heterocycles. The van der Waals surface area contributed by atoms with Gasteiger partial charge in [0.15, 0.2) is 0 Å². The van der Waals surface area contributed by atoms with Crippen LogP contribution in [0.15, 0.2) is 36.5 Å². The molecule has 0 bridgehead atoms. The van der Waals surface area contributed by atoms with E-state index in [1.807, 2.05) is 0 Å². The van der Waals surface area contributed by atoms with Crippen molar-refractivity contribution in [1.29, 1.82) is 0 Å². The Morgan fingerprint density at radius 3 is 2.67 bits per heavy atom. The van der Waals surface area contributed by atoms with Gasteiger partial charge in [-0.25, -0.2) is 8.78 Å². The fourth-order valence-corrected chi connectivity index (χ4v) is 3.10. The quantitative estimate of drug-likeness (QED) is 0.936. The molecule has 4 nitrogen and oxygen atoms in total. The lowest BCUT2D eigenvalue weighted by Gasteiger charge is -2.16. The van der Waals surface area contributed by atoms with E-state index in [1.54, 1.807) is 17.0 Å². The number of benzene rings is 1. The van der Waals surface area contributed by atoms with Gasteiger partial charge in [0.2, 0.25) is 0 Å². The topological polar surface area (TPSA) is 53.4 Å². The molecule has 0 spiro atoms. The van der Waals surface area contributed by atoms with Gasteiger partial charge in [0.1, 0.15) is 17.3 Å². The van der Waals surface area contributed by atoms with Crippen molar-refractivity contribution in [3.8, 4) is 0 Å². The van der Waals surface area contributed by atoms with Crippen molar-refractivity contribution < 1.29 is 18.7 Å². The number of carbonyl (C=O) groups is 1. The second-order valence-corrected chi connectivity index (χ2v) is 6.10. The summed E-state index contributed by atoms with van der Waals surface area (Å²) in [6, 6.07) is 6.76. The van der Waals surface area contributed by atoms with Gasteiger partial charge in [-0.05, 0) is 54.2 Å². The number of nitrogens with zero attached hydrogens (tertiary/aromatic N) is 2. The van der Waals surface area contributed by atoms with Crippen LogP contribution in [0.1, 0.15) is 28.0 Å². The molecular formula is C18H18F2N2O2. The molecule has 0 saturated carbocycles. The summed E-state index contributed by atoms with van der Waals surface area (Å²) >= 11 is 0. The summed E-state index contributed by atoms with van der Waals surface area (Å²) < 4.78 is 26.5. The van der Waals surface area contributed by atoms with E-state index in [1.165, 1.54) is 18.3 Å². The highest BCUT2D eigenvalue weighted by molar-refractivity contribution is 5.92. The molecular weight excluding hydrogens is 314 g/mol. The summed E-state index contributed by atoms with van der Waals surface area (Å²) in [5.74, 6) is -1.18. The fraction of sp³-hybridized carbons (Fsp3) is 0.333. The zero-order valence-corrected chi connectivity index (χ0v) is 13.1. The Kier molecular flexibility index (Phi) is 4.85. The van der Waals surface area contributed by atoms with E-state index < -0.39 is 11.6 Å². The minimum atomic E-state index is -0.582. The smallest absolute Gasteiger partial charge is 0.272 e. The van der Waals surface area contributed by atoms with Crippen molar-refractivity contribution in [2.45, 2.75) is 19.4 Å². The summed E-state index contributed by atoms with van der Waals surface area (Å²) in [5, 5.41) is 9.15. The van der Waals surface area contributed by atoms with Crippen LogP contribution < -0.4 is 0 Å². The number of aromatic nitrogens is 1. The average Bonchev–Trinajstić information content (AvgIpc) is 3.01. The Balaban J connectivity index is 1.65. The molecule has 3 rings (SSSR count). The third-order valence-corrected chi connectivity index (χ3v) is 4.25. The first kappa shape index (κ1) is 16.5. The zero-order valence-electron chi connectivity index (χ0n) is 13.1. The molecule has 1 aromatic heterocycles. The van der Waals surface area contributed by atoms with E-state index in [-0.39, 0.29) is 18.4 Å². The molecule has 1 unspecified atom stereocenters. The zero-order chi connectivity index (χ0) is 17.1. The molecule has 1 saturated heterocycles. The maximum absolute atomic E-state index is 13.3. The number of aliphatic hydroxyl groups excluding tert-OH is 1. The highest BCUT2D eigenvalue weighted by Crippen LogP contribution is 2.23. The third kappa shape index (κ3) is 3.76. The maximum atomic E-state index is 13.3. The SMILES string of the molecule is O=C(c1cc(CO)ccn1)N1CCC(Cc2cc(F)cc(F)c2)C1. The minimum Gasteiger partial charge on any atom is -0.392 e. The number of hydrogen-bond donors (Lipinski definition) is 1. The van der Waals surface area contributed by atoms with Crippen molar-refractivity contribution >= 4 is 5.91 Å². The predicted molar refractivity (Wildman–Crippen MR) is 84.2 cm³/mol. The monoisotopic (exact) mass is 332 g/mol. The van der Waals surface area contributed by atoms with Gasteiger partial charge in [-0.15, -0.1) is 0 Å². The molecule has 1 N–H and O–H groups in total. The molecule has 1 aliphatic rings. The van der Waals surface area contributed by atoms with Crippen LogP contribution >= 0.6 is 0 Å². The molecule has 1 amide bonds. The number of rotatable bonds is 4. The van der Waals surface area contributed by atoms with E-state index in [9.17, 15) is 13.6 Å². The lowest BCUT2D eigenvalue weighted by Crippen LogP contribution is -2.29. The number of halogens is 2. The molecule has 24 heavy (non-hydrogen) atoms. The van der Waals surface area contributed by atoms with Gasteiger partial charge in [-0.1, -0.05) is 0 Å². The van der Waals surface area contributed by atoms with E-state index >= 15 is 0 Å². The Hall–Kier alpha value is -2.34. The summed E-state index contributed by atoms with van der Waals surface area (Å²) in [7, 11) is 0. The largest absolute Gasteiger partial charge is 0.392 e. The van der Waals surface area contributed by atoms with Gasteiger partial charge in [-0.3, -0.25) is 9.78 Å².